The summed E-state index contributed by atoms with van der Waals surface area (Å²) in [4.78, 5) is 0. The highest BCUT2D eigenvalue weighted by molar-refractivity contribution is 6.34. The molecule has 1 heteroatoms. The zero-order valence-electron chi connectivity index (χ0n) is 21.8. The Kier molecular flexibility index (Phi) is 5.80. The smallest absolute Gasteiger partial charge is 0.0500 e. The van der Waals surface area contributed by atoms with Gasteiger partial charge in [-0.25, -0.2) is 0 Å². The second kappa shape index (κ2) is 9.13. The van der Waals surface area contributed by atoms with Crippen LogP contribution in [0.25, 0.3) is 66.1 Å². The zero-order chi connectivity index (χ0) is 24.8. The van der Waals surface area contributed by atoms with E-state index in [1.165, 1.54) is 97.4 Å². The van der Waals surface area contributed by atoms with Gasteiger partial charge in [-0.1, -0.05) is 100 Å². The van der Waals surface area contributed by atoms with E-state index >= 15 is 0 Å². The number of nitrogens with zero attached hydrogens (tertiary/aromatic N) is 1. The van der Waals surface area contributed by atoms with Crippen molar-refractivity contribution in [3.8, 4) is 0 Å². The van der Waals surface area contributed by atoms with Crippen molar-refractivity contribution in [2.75, 3.05) is 0 Å². The molecular weight excluding hydrogens is 434 g/mol. The normalized spacial score (nSPS) is 15.0. The fraction of sp³-hybridized carbons (Fsp3) is 0.257. The standard InChI is InChI=1S/C33H29N.C2H6/c1-3-10-30-24(4-2)29-19-27-25-15-8-11-21-17-18-22-12-9-16-26(33(22)32(21)25)28(27)20-31(29)34(30)23-13-6-5-7-14-23;1-2/h3-4,8-12,15-20,23H,2,5-7,13-14H2,1H3;1-2H3/b10-3-;. The van der Waals surface area contributed by atoms with E-state index in [2.05, 4.69) is 97.0 Å². The molecule has 0 atom stereocenters. The van der Waals surface area contributed by atoms with Crippen LogP contribution in [-0.2, 0) is 0 Å². The number of aromatic nitrogens is 1. The molecule has 0 amide bonds. The number of allylic oxidation sites excluding steroid dienone is 1. The molecule has 1 aliphatic rings. The summed E-state index contributed by atoms with van der Waals surface area (Å²) in [6.45, 7) is 10.4. The van der Waals surface area contributed by atoms with E-state index in [9.17, 15) is 0 Å². The molecular formula is C35H35N. The van der Waals surface area contributed by atoms with E-state index in [1.54, 1.807) is 0 Å². The molecule has 1 heterocycles. The van der Waals surface area contributed by atoms with Crippen LogP contribution >= 0.6 is 0 Å². The topological polar surface area (TPSA) is 4.93 Å². The van der Waals surface area contributed by atoms with Crippen molar-refractivity contribution in [3.63, 3.8) is 0 Å². The van der Waals surface area contributed by atoms with Crippen LogP contribution in [0.5, 0.6) is 0 Å². The molecule has 5 aromatic carbocycles. The molecule has 0 saturated heterocycles. The summed E-state index contributed by atoms with van der Waals surface area (Å²) in [7, 11) is 0. The second-order valence-electron chi connectivity index (χ2n) is 9.95. The largest absolute Gasteiger partial charge is 0.337 e. The number of rotatable bonds is 3. The summed E-state index contributed by atoms with van der Waals surface area (Å²) >= 11 is 0. The van der Waals surface area contributed by atoms with E-state index in [0.29, 0.717) is 6.04 Å². The highest BCUT2D eigenvalue weighted by atomic mass is 15.0. The lowest BCUT2D eigenvalue weighted by molar-refractivity contribution is 0.359. The minimum Gasteiger partial charge on any atom is -0.337 e. The molecule has 1 aliphatic carbocycles. The summed E-state index contributed by atoms with van der Waals surface area (Å²) in [5, 5.41) is 12.2. The van der Waals surface area contributed by atoms with Crippen LogP contribution in [0.15, 0.2) is 73.3 Å². The molecule has 6 aromatic rings. The number of hydrogen-bond acceptors (Lipinski definition) is 0. The fourth-order valence-corrected chi connectivity index (χ4v) is 6.73. The minimum atomic E-state index is 0.560. The summed E-state index contributed by atoms with van der Waals surface area (Å²) in [5.74, 6) is 0. The summed E-state index contributed by atoms with van der Waals surface area (Å²) in [6, 6.07) is 23.6. The van der Waals surface area contributed by atoms with Crippen LogP contribution in [0.3, 0.4) is 0 Å². The van der Waals surface area contributed by atoms with E-state index in [4.69, 9.17) is 0 Å². The highest BCUT2D eigenvalue weighted by Gasteiger charge is 2.24. The molecule has 1 saturated carbocycles. The van der Waals surface area contributed by atoms with Crippen molar-refractivity contribution in [3.05, 3.63) is 84.6 Å². The Bertz CT molecular complexity index is 1750. The van der Waals surface area contributed by atoms with Gasteiger partial charge in [0.2, 0.25) is 0 Å². The molecule has 7 rings (SSSR count). The zero-order valence-corrected chi connectivity index (χ0v) is 21.8. The lowest BCUT2D eigenvalue weighted by Crippen LogP contribution is -2.14. The maximum absolute atomic E-state index is 4.25. The average Bonchev–Trinajstić information content (AvgIpc) is 3.25. The first-order valence-electron chi connectivity index (χ1n) is 13.7. The van der Waals surface area contributed by atoms with Gasteiger partial charge in [0.05, 0.1) is 5.52 Å². The molecule has 180 valence electrons. The summed E-state index contributed by atoms with van der Waals surface area (Å²) in [5.41, 5.74) is 3.94. The maximum atomic E-state index is 4.25. The van der Waals surface area contributed by atoms with Crippen molar-refractivity contribution in [1.82, 2.24) is 4.57 Å². The van der Waals surface area contributed by atoms with Crippen molar-refractivity contribution in [2.45, 2.75) is 58.9 Å². The molecule has 0 N–H and O–H groups in total. The van der Waals surface area contributed by atoms with Crippen molar-refractivity contribution in [2.24, 2.45) is 0 Å². The van der Waals surface area contributed by atoms with Gasteiger partial charge in [0.1, 0.15) is 0 Å². The van der Waals surface area contributed by atoms with Crippen LogP contribution in [0, 0.1) is 0 Å². The number of hydrogen-bond donors (Lipinski definition) is 0. The van der Waals surface area contributed by atoms with E-state index < -0.39 is 0 Å². The monoisotopic (exact) mass is 469 g/mol. The second-order valence-corrected chi connectivity index (χ2v) is 9.95. The predicted octanol–water partition coefficient (Wildman–Crippen LogP) is 10.9. The van der Waals surface area contributed by atoms with Crippen LogP contribution in [0.2, 0.25) is 0 Å². The first-order chi connectivity index (χ1) is 17.8. The molecule has 1 fully saturated rings. The van der Waals surface area contributed by atoms with Gasteiger partial charge >= 0.3 is 0 Å². The molecule has 1 nitrogen and oxygen atoms in total. The first kappa shape index (κ1) is 22.9. The van der Waals surface area contributed by atoms with Crippen LogP contribution in [-0.4, -0.2) is 4.57 Å². The van der Waals surface area contributed by atoms with E-state index in [1.807, 2.05) is 13.8 Å². The van der Waals surface area contributed by atoms with Crippen molar-refractivity contribution in [1.29, 1.82) is 0 Å². The SMILES string of the molecule is C=Cc1c(/C=C\C)n(C2CCCCC2)c2cc3c(cc12)c1cccc2ccc4cccc3c4c21.CC. The first-order valence-corrected chi connectivity index (χ1v) is 13.7. The third-order valence-electron chi connectivity index (χ3n) is 8.16. The Hall–Kier alpha value is -3.58. The number of fused-ring (bicyclic) bond motifs is 4. The molecule has 0 aliphatic heterocycles. The predicted molar refractivity (Wildman–Crippen MR) is 161 cm³/mol. The van der Waals surface area contributed by atoms with Gasteiger partial charge in [0.15, 0.2) is 0 Å². The lowest BCUT2D eigenvalue weighted by atomic mass is 9.88. The van der Waals surface area contributed by atoms with E-state index in [0.717, 1.165) is 0 Å². The van der Waals surface area contributed by atoms with Gasteiger partial charge in [-0.15, -0.1) is 0 Å². The molecule has 36 heavy (non-hydrogen) atoms. The van der Waals surface area contributed by atoms with Gasteiger partial charge in [0.25, 0.3) is 0 Å². The highest BCUT2D eigenvalue weighted by Crippen LogP contribution is 2.44. The summed E-state index contributed by atoms with van der Waals surface area (Å²) < 4.78 is 2.65. The van der Waals surface area contributed by atoms with Crippen molar-refractivity contribution < 1.29 is 0 Å². The maximum Gasteiger partial charge on any atom is 0.0500 e. The minimum absolute atomic E-state index is 0.560. The van der Waals surface area contributed by atoms with E-state index in [-0.39, 0.29) is 0 Å². The van der Waals surface area contributed by atoms with Gasteiger partial charge in [-0.2, -0.15) is 0 Å². The van der Waals surface area contributed by atoms with Crippen LogP contribution < -0.4 is 0 Å². The average molecular weight is 470 g/mol. The summed E-state index contributed by atoms with van der Waals surface area (Å²) in [6.07, 6.45) is 13.1. The van der Waals surface area contributed by atoms with Gasteiger partial charge in [0, 0.05) is 22.7 Å². The fourth-order valence-electron chi connectivity index (χ4n) is 6.73. The third kappa shape index (κ3) is 3.22. The Morgan fingerprint density at radius 3 is 1.94 bits per heavy atom. The Labute approximate surface area is 214 Å². The lowest BCUT2D eigenvalue weighted by Gasteiger charge is -2.26. The Balaban J connectivity index is 0.00000117. The molecule has 1 aromatic heterocycles. The van der Waals surface area contributed by atoms with Crippen molar-refractivity contribution >= 4 is 66.1 Å². The molecule has 0 spiro atoms. The van der Waals surface area contributed by atoms with Crippen LogP contribution in [0.4, 0.5) is 0 Å². The van der Waals surface area contributed by atoms with Crippen LogP contribution in [0.1, 0.15) is 70.2 Å². The Morgan fingerprint density at radius 2 is 1.36 bits per heavy atom. The molecule has 0 radical (unpaired) electrons. The Morgan fingerprint density at radius 1 is 0.750 bits per heavy atom. The quantitative estimate of drug-likeness (QED) is 0.179. The molecule has 0 unspecified atom stereocenters. The van der Waals surface area contributed by atoms with Gasteiger partial charge in [-0.05, 0) is 81.1 Å². The third-order valence-corrected chi connectivity index (χ3v) is 8.16. The van der Waals surface area contributed by atoms with Gasteiger partial charge in [-0.3, -0.25) is 0 Å². The molecule has 0 bridgehead atoms. The van der Waals surface area contributed by atoms with Gasteiger partial charge < -0.3 is 4.57 Å². The number of benzene rings is 5.